The van der Waals surface area contributed by atoms with Crippen LogP contribution in [0.25, 0.3) is 0 Å². The van der Waals surface area contributed by atoms with Crippen LogP contribution in [0.1, 0.15) is 24.3 Å². The highest BCUT2D eigenvalue weighted by Crippen LogP contribution is 2.29. The SMILES string of the molecule is O=C(CS[C@H]1CCS(=O)(=O)C1)N1CC[C@@H](c2ccccc2)C1. The molecule has 120 valence electrons. The largest absolute Gasteiger partial charge is 0.341 e. The number of rotatable bonds is 4. The summed E-state index contributed by atoms with van der Waals surface area (Å²) in [5.41, 5.74) is 1.30. The van der Waals surface area contributed by atoms with Gasteiger partial charge in [-0.3, -0.25) is 4.79 Å². The van der Waals surface area contributed by atoms with E-state index in [9.17, 15) is 13.2 Å². The maximum atomic E-state index is 12.3. The van der Waals surface area contributed by atoms with Gasteiger partial charge in [0.25, 0.3) is 0 Å². The fraction of sp³-hybridized carbons (Fsp3) is 0.562. The Balaban J connectivity index is 1.48. The third kappa shape index (κ3) is 3.84. The molecule has 0 bridgehead atoms. The number of hydrogen-bond donors (Lipinski definition) is 0. The van der Waals surface area contributed by atoms with Crippen LogP contribution in [0.5, 0.6) is 0 Å². The van der Waals surface area contributed by atoms with Crippen LogP contribution in [-0.2, 0) is 14.6 Å². The van der Waals surface area contributed by atoms with Gasteiger partial charge in [0.15, 0.2) is 9.84 Å². The van der Waals surface area contributed by atoms with Gasteiger partial charge >= 0.3 is 0 Å². The van der Waals surface area contributed by atoms with Gasteiger partial charge in [-0.15, -0.1) is 11.8 Å². The molecule has 2 aliphatic rings. The summed E-state index contributed by atoms with van der Waals surface area (Å²) in [4.78, 5) is 14.2. The predicted octanol–water partition coefficient (Wildman–Crippen LogP) is 1.92. The number of thioether (sulfide) groups is 1. The van der Waals surface area contributed by atoms with Crippen LogP contribution in [0.2, 0.25) is 0 Å². The predicted molar refractivity (Wildman–Crippen MR) is 89.9 cm³/mol. The molecule has 2 saturated heterocycles. The molecule has 2 fully saturated rings. The van der Waals surface area contributed by atoms with Crippen LogP contribution in [0.4, 0.5) is 0 Å². The Morgan fingerprint density at radius 1 is 1.23 bits per heavy atom. The minimum absolute atomic E-state index is 0.0986. The molecule has 0 aromatic heterocycles. The molecule has 22 heavy (non-hydrogen) atoms. The van der Waals surface area contributed by atoms with E-state index in [0.29, 0.717) is 18.1 Å². The van der Waals surface area contributed by atoms with Gasteiger partial charge in [-0.05, 0) is 18.4 Å². The summed E-state index contributed by atoms with van der Waals surface area (Å²) < 4.78 is 22.9. The van der Waals surface area contributed by atoms with E-state index in [4.69, 9.17) is 0 Å². The van der Waals surface area contributed by atoms with Crippen molar-refractivity contribution in [3.63, 3.8) is 0 Å². The zero-order valence-electron chi connectivity index (χ0n) is 12.5. The lowest BCUT2D eigenvalue weighted by atomic mass is 9.99. The average molecular weight is 339 g/mol. The van der Waals surface area contributed by atoms with Crippen molar-refractivity contribution in [2.45, 2.75) is 24.0 Å². The molecule has 0 unspecified atom stereocenters. The summed E-state index contributed by atoms with van der Waals surface area (Å²) in [6.07, 6.45) is 1.70. The molecule has 0 N–H and O–H groups in total. The highest BCUT2D eigenvalue weighted by atomic mass is 32.2. The second-order valence-corrected chi connectivity index (χ2v) is 9.59. The smallest absolute Gasteiger partial charge is 0.232 e. The summed E-state index contributed by atoms with van der Waals surface area (Å²) in [5, 5.41) is 0.0986. The van der Waals surface area contributed by atoms with Crippen LogP contribution in [0, 0.1) is 0 Å². The number of nitrogens with zero attached hydrogens (tertiary/aromatic N) is 1. The molecule has 0 radical (unpaired) electrons. The molecule has 2 heterocycles. The van der Waals surface area contributed by atoms with Gasteiger partial charge in [0.1, 0.15) is 0 Å². The minimum Gasteiger partial charge on any atom is -0.341 e. The maximum absolute atomic E-state index is 12.3. The van der Waals surface area contributed by atoms with Crippen molar-refractivity contribution in [2.24, 2.45) is 0 Å². The topological polar surface area (TPSA) is 54.5 Å². The van der Waals surface area contributed by atoms with Crippen molar-refractivity contribution in [2.75, 3.05) is 30.3 Å². The molecule has 2 atom stereocenters. The molecule has 3 rings (SSSR count). The standard InChI is InChI=1S/C16H21NO3S2/c18-16(11-21-15-7-9-22(19,20)12-15)17-8-6-14(10-17)13-4-2-1-3-5-13/h1-5,14-15H,6-12H2/t14-,15+/m1/s1. The van der Waals surface area contributed by atoms with Crippen LogP contribution in [0.15, 0.2) is 30.3 Å². The minimum atomic E-state index is -2.85. The summed E-state index contributed by atoms with van der Waals surface area (Å²) in [7, 11) is -2.85. The number of amides is 1. The molecule has 1 aromatic carbocycles. The molecule has 0 spiro atoms. The lowest BCUT2D eigenvalue weighted by Gasteiger charge is -2.17. The van der Waals surface area contributed by atoms with Crippen molar-refractivity contribution in [1.82, 2.24) is 4.90 Å². The van der Waals surface area contributed by atoms with Crippen molar-refractivity contribution < 1.29 is 13.2 Å². The highest BCUT2D eigenvalue weighted by molar-refractivity contribution is 8.02. The zero-order chi connectivity index (χ0) is 15.6. The fourth-order valence-electron chi connectivity index (χ4n) is 3.16. The Morgan fingerprint density at radius 2 is 2.00 bits per heavy atom. The lowest BCUT2D eigenvalue weighted by Crippen LogP contribution is -2.30. The first-order valence-corrected chi connectivity index (χ1v) is 10.6. The first-order valence-electron chi connectivity index (χ1n) is 7.68. The molecule has 4 nitrogen and oxygen atoms in total. The van der Waals surface area contributed by atoms with Crippen molar-refractivity contribution >= 4 is 27.5 Å². The molecule has 0 saturated carbocycles. The summed E-state index contributed by atoms with van der Waals surface area (Å²) >= 11 is 1.51. The van der Waals surface area contributed by atoms with Crippen LogP contribution in [-0.4, -0.2) is 54.8 Å². The maximum Gasteiger partial charge on any atom is 0.232 e. The molecule has 1 aromatic rings. The molecular formula is C16H21NO3S2. The Morgan fingerprint density at radius 3 is 2.68 bits per heavy atom. The van der Waals surface area contributed by atoms with Gasteiger partial charge in [0.2, 0.25) is 5.91 Å². The van der Waals surface area contributed by atoms with Crippen molar-refractivity contribution in [3.05, 3.63) is 35.9 Å². The van der Waals surface area contributed by atoms with Crippen LogP contribution < -0.4 is 0 Å². The summed E-state index contributed by atoms with van der Waals surface area (Å²) in [6, 6.07) is 10.3. The third-order valence-electron chi connectivity index (χ3n) is 4.45. The van der Waals surface area contributed by atoms with E-state index in [-0.39, 0.29) is 22.7 Å². The van der Waals surface area contributed by atoms with E-state index < -0.39 is 9.84 Å². The Bertz CT molecular complexity index is 630. The first-order chi connectivity index (χ1) is 10.5. The Hall–Kier alpha value is -1.01. The second kappa shape index (κ2) is 6.62. The number of benzene rings is 1. The van der Waals surface area contributed by atoms with E-state index in [2.05, 4.69) is 12.1 Å². The van der Waals surface area contributed by atoms with Crippen LogP contribution >= 0.6 is 11.8 Å². The Kier molecular flexibility index (Phi) is 4.78. The number of likely N-dealkylation sites (tertiary alicyclic amines) is 1. The van der Waals surface area contributed by atoms with E-state index in [0.717, 1.165) is 19.5 Å². The van der Waals surface area contributed by atoms with E-state index in [1.807, 2.05) is 23.1 Å². The van der Waals surface area contributed by atoms with E-state index in [1.165, 1.54) is 17.3 Å². The number of carbonyl (C=O) groups excluding carboxylic acids is 1. The normalized spacial score (nSPS) is 27.2. The molecule has 0 aliphatic carbocycles. The number of carbonyl (C=O) groups is 1. The molecule has 6 heteroatoms. The highest BCUT2D eigenvalue weighted by Gasteiger charge is 2.31. The van der Waals surface area contributed by atoms with Gasteiger partial charge in [0.05, 0.1) is 17.3 Å². The quantitative estimate of drug-likeness (QED) is 0.841. The number of hydrogen-bond acceptors (Lipinski definition) is 4. The molecule has 2 aliphatic heterocycles. The summed E-state index contributed by atoms with van der Waals surface area (Å²) in [6.45, 7) is 1.59. The van der Waals surface area contributed by atoms with E-state index in [1.54, 1.807) is 0 Å². The van der Waals surface area contributed by atoms with Gasteiger partial charge in [-0.2, -0.15) is 0 Å². The fourth-order valence-corrected chi connectivity index (χ4v) is 6.70. The van der Waals surface area contributed by atoms with Gasteiger partial charge < -0.3 is 4.90 Å². The average Bonchev–Trinajstić information content (AvgIpc) is 3.12. The van der Waals surface area contributed by atoms with Gasteiger partial charge in [0, 0.05) is 24.3 Å². The first kappa shape index (κ1) is 15.9. The van der Waals surface area contributed by atoms with Gasteiger partial charge in [-0.1, -0.05) is 30.3 Å². The third-order valence-corrected chi connectivity index (χ3v) is 7.71. The van der Waals surface area contributed by atoms with Crippen LogP contribution in [0.3, 0.4) is 0 Å². The van der Waals surface area contributed by atoms with Gasteiger partial charge in [-0.25, -0.2) is 8.42 Å². The zero-order valence-corrected chi connectivity index (χ0v) is 14.1. The van der Waals surface area contributed by atoms with Crippen molar-refractivity contribution in [3.8, 4) is 0 Å². The van der Waals surface area contributed by atoms with Crippen molar-refractivity contribution in [1.29, 1.82) is 0 Å². The second-order valence-electron chi connectivity index (χ2n) is 6.07. The number of sulfone groups is 1. The Labute approximate surface area is 136 Å². The lowest BCUT2D eigenvalue weighted by molar-refractivity contribution is -0.127. The molecular weight excluding hydrogens is 318 g/mol. The summed E-state index contributed by atoms with van der Waals surface area (Å²) in [5.74, 6) is 1.49. The molecule has 1 amide bonds. The monoisotopic (exact) mass is 339 g/mol. The van der Waals surface area contributed by atoms with E-state index >= 15 is 0 Å².